The number of rotatable bonds is 9. The highest BCUT2D eigenvalue weighted by Gasteiger charge is 2.00. The van der Waals surface area contributed by atoms with Crippen molar-refractivity contribution < 1.29 is 9.47 Å². The van der Waals surface area contributed by atoms with E-state index in [1.54, 1.807) is 7.11 Å². The van der Waals surface area contributed by atoms with Crippen molar-refractivity contribution in [3.63, 3.8) is 0 Å². The highest BCUT2D eigenvalue weighted by Crippen LogP contribution is 2.05. The smallest absolute Gasteiger partial charge is 0.0752 e. The Bertz CT molecular complexity index is 319. The van der Waals surface area contributed by atoms with Gasteiger partial charge in [0, 0.05) is 7.11 Å². The van der Waals surface area contributed by atoms with Crippen LogP contribution in [-0.4, -0.2) is 19.8 Å². The van der Waals surface area contributed by atoms with E-state index in [1.807, 2.05) is 24.3 Å². The number of benzene rings is 1. The predicted octanol–water partition coefficient (Wildman–Crippen LogP) is 3.96. The van der Waals surface area contributed by atoms with Crippen molar-refractivity contribution in [3.05, 3.63) is 48.0 Å². The lowest BCUT2D eigenvalue weighted by Gasteiger charge is -2.09. The van der Waals surface area contributed by atoms with E-state index in [9.17, 15) is 0 Å². The average molecular weight is 248 g/mol. The predicted molar refractivity (Wildman–Crippen MR) is 75.6 cm³/mol. The maximum Gasteiger partial charge on any atom is 0.0752 e. The van der Waals surface area contributed by atoms with Gasteiger partial charge in [-0.1, -0.05) is 62.2 Å². The summed E-state index contributed by atoms with van der Waals surface area (Å²) >= 11 is 0. The van der Waals surface area contributed by atoms with E-state index in [0.29, 0.717) is 13.2 Å². The Morgan fingerprint density at radius 2 is 2.00 bits per heavy atom. The maximum absolute atomic E-state index is 5.58. The zero-order valence-electron chi connectivity index (χ0n) is 11.5. The SMILES string of the molecule is CCCCC(/C=C\COCc1ccccc1)OC. The van der Waals surface area contributed by atoms with Crippen LogP contribution >= 0.6 is 0 Å². The molecule has 2 nitrogen and oxygen atoms in total. The molecule has 2 heteroatoms. The van der Waals surface area contributed by atoms with Crippen LogP contribution in [-0.2, 0) is 16.1 Å². The van der Waals surface area contributed by atoms with Gasteiger partial charge in [0.05, 0.1) is 19.3 Å². The van der Waals surface area contributed by atoms with Gasteiger partial charge in [-0.3, -0.25) is 0 Å². The molecule has 0 aromatic heterocycles. The van der Waals surface area contributed by atoms with Crippen molar-refractivity contribution >= 4 is 0 Å². The van der Waals surface area contributed by atoms with Crippen molar-refractivity contribution in [1.82, 2.24) is 0 Å². The molecule has 1 rings (SSSR count). The van der Waals surface area contributed by atoms with Gasteiger partial charge < -0.3 is 9.47 Å². The second kappa shape index (κ2) is 9.86. The zero-order chi connectivity index (χ0) is 13.1. The van der Waals surface area contributed by atoms with Crippen molar-refractivity contribution in [3.8, 4) is 0 Å². The first-order chi connectivity index (χ1) is 8.86. The van der Waals surface area contributed by atoms with Gasteiger partial charge >= 0.3 is 0 Å². The molecule has 0 spiro atoms. The van der Waals surface area contributed by atoms with E-state index in [1.165, 1.54) is 18.4 Å². The van der Waals surface area contributed by atoms with Gasteiger partial charge in [0.2, 0.25) is 0 Å². The molecule has 1 aromatic carbocycles. The summed E-state index contributed by atoms with van der Waals surface area (Å²) in [5.41, 5.74) is 1.21. The Kier molecular flexibility index (Phi) is 8.19. The minimum absolute atomic E-state index is 0.227. The zero-order valence-corrected chi connectivity index (χ0v) is 11.5. The molecule has 0 aliphatic rings. The first kappa shape index (κ1) is 14.9. The Hall–Kier alpha value is -1.12. The Balaban J connectivity index is 2.16. The number of methoxy groups -OCH3 is 1. The van der Waals surface area contributed by atoms with Crippen molar-refractivity contribution in [2.24, 2.45) is 0 Å². The van der Waals surface area contributed by atoms with Crippen LogP contribution in [0.3, 0.4) is 0 Å². The summed E-state index contributed by atoms with van der Waals surface area (Å²) in [6.07, 6.45) is 7.87. The molecule has 0 radical (unpaired) electrons. The fourth-order valence-corrected chi connectivity index (χ4v) is 1.72. The molecule has 1 atom stereocenters. The summed E-state index contributed by atoms with van der Waals surface area (Å²) in [7, 11) is 1.76. The number of unbranched alkanes of at least 4 members (excludes halogenated alkanes) is 1. The maximum atomic E-state index is 5.58. The fraction of sp³-hybridized carbons (Fsp3) is 0.500. The monoisotopic (exact) mass is 248 g/mol. The fourth-order valence-electron chi connectivity index (χ4n) is 1.72. The van der Waals surface area contributed by atoms with E-state index >= 15 is 0 Å². The van der Waals surface area contributed by atoms with Gasteiger partial charge in [-0.25, -0.2) is 0 Å². The summed E-state index contributed by atoms with van der Waals surface area (Å²) in [4.78, 5) is 0. The summed E-state index contributed by atoms with van der Waals surface area (Å²) in [5, 5.41) is 0. The quantitative estimate of drug-likeness (QED) is 0.486. The van der Waals surface area contributed by atoms with Gasteiger partial charge in [0.1, 0.15) is 0 Å². The average Bonchev–Trinajstić information content (AvgIpc) is 2.43. The number of ether oxygens (including phenoxy) is 2. The summed E-state index contributed by atoms with van der Waals surface area (Å²) < 4.78 is 11.0. The van der Waals surface area contributed by atoms with Gasteiger partial charge in [-0.05, 0) is 12.0 Å². The van der Waals surface area contributed by atoms with Crippen LogP contribution in [0.5, 0.6) is 0 Å². The molecule has 0 aliphatic carbocycles. The highest BCUT2D eigenvalue weighted by molar-refractivity contribution is 5.13. The molecule has 0 aliphatic heterocycles. The third-order valence-corrected chi connectivity index (χ3v) is 2.82. The van der Waals surface area contributed by atoms with Gasteiger partial charge in [0.15, 0.2) is 0 Å². The topological polar surface area (TPSA) is 18.5 Å². The second-order valence-corrected chi connectivity index (χ2v) is 4.35. The summed E-state index contributed by atoms with van der Waals surface area (Å²) in [6.45, 7) is 3.50. The van der Waals surface area contributed by atoms with Crippen molar-refractivity contribution in [1.29, 1.82) is 0 Å². The first-order valence-corrected chi connectivity index (χ1v) is 6.68. The molecule has 0 bridgehead atoms. The van der Waals surface area contributed by atoms with Crippen LogP contribution in [0, 0.1) is 0 Å². The molecule has 1 unspecified atom stereocenters. The summed E-state index contributed by atoms with van der Waals surface area (Å²) in [6, 6.07) is 10.2. The van der Waals surface area contributed by atoms with E-state index < -0.39 is 0 Å². The van der Waals surface area contributed by atoms with Crippen molar-refractivity contribution in [2.45, 2.75) is 38.9 Å². The molecule has 0 amide bonds. The van der Waals surface area contributed by atoms with Gasteiger partial charge in [-0.15, -0.1) is 0 Å². The van der Waals surface area contributed by atoms with Crippen LogP contribution in [0.4, 0.5) is 0 Å². The molecule has 0 saturated carbocycles. The molecule has 0 fully saturated rings. The van der Waals surface area contributed by atoms with E-state index in [4.69, 9.17) is 9.47 Å². The third-order valence-electron chi connectivity index (χ3n) is 2.82. The number of hydrogen-bond donors (Lipinski definition) is 0. The van der Waals surface area contributed by atoms with Crippen molar-refractivity contribution in [2.75, 3.05) is 13.7 Å². The standard InChI is InChI=1S/C16H24O2/c1-3-4-11-16(17-2)12-8-13-18-14-15-9-6-5-7-10-15/h5-10,12,16H,3-4,11,13-14H2,1-2H3/b12-8-. The largest absolute Gasteiger partial charge is 0.377 e. The molecule has 100 valence electrons. The summed E-state index contributed by atoms with van der Waals surface area (Å²) in [5.74, 6) is 0. The molecule has 18 heavy (non-hydrogen) atoms. The van der Waals surface area contributed by atoms with E-state index in [-0.39, 0.29) is 6.10 Å². The van der Waals surface area contributed by atoms with Gasteiger partial charge in [0.25, 0.3) is 0 Å². The third kappa shape index (κ3) is 6.58. The molecule has 0 saturated heterocycles. The van der Waals surface area contributed by atoms with Gasteiger partial charge in [-0.2, -0.15) is 0 Å². The van der Waals surface area contributed by atoms with Crippen LogP contribution < -0.4 is 0 Å². The minimum atomic E-state index is 0.227. The Morgan fingerprint density at radius 3 is 2.67 bits per heavy atom. The second-order valence-electron chi connectivity index (χ2n) is 4.35. The van der Waals surface area contributed by atoms with Crippen LogP contribution in [0.15, 0.2) is 42.5 Å². The molecule has 0 N–H and O–H groups in total. The minimum Gasteiger partial charge on any atom is -0.377 e. The Morgan fingerprint density at radius 1 is 1.22 bits per heavy atom. The van der Waals surface area contributed by atoms with Crippen LogP contribution in [0.1, 0.15) is 31.7 Å². The lowest BCUT2D eigenvalue weighted by atomic mass is 10.1. The lowest BCUT2D eigenvalue weighted by molar-refractivity contribution is 0.126. The molecule has 0 heterocycles. The van der Waals surface area contributed by atoms with Crippen LogP contribution in [0.2, 0.25) is 0 Å². The van der Waals surface area contributed by atoms with E-state index in [2.05, 4.69) is 25.1 Å². The first-order valence-electron chi connectivity index (χ1n) is 6.68. The molecular formula is C16H24O2. The lowest BCUT2D eigenvalue weighted by Crippen LogP contribution is -2.06. The highest BCUT2D eigenvalue weighted by atomic mass is 16.5. The van der Waals surface area contributed by atoms with E-state index in [0.717, 1.165) is 6.42 Å². The number of hydrogen-bond acceptors (Lipinski definition) is 2. The normalized spacial score (nSPS) is 13.0. The van der Waals surface area contributed by atoms with Crippen LogP contribution in [0.25, 0.3) is 0 Å². The molecule has 1 aromatic rings. The Labute approximate surface area is 111 Å². The molecular weight excluding hydrogens is 224 g/mol.